The first-order valence-corrected chi connectivity index (χ1v) is 12.3. The molecule has 0 spiro atoms. The standard InChI is InChI=1S/C29H30N4O4/c1-20-16-30-29(37-20)24-13-23-8-7-22(25-17-31-32(19-25)11-4-12-35-2)14-27(23)33(28(34)15-24)18-21-5-9-26(36-3)10-6-21/h5-10,13-14,16-17,19H,4,11-12,15,18H2,1-3H3. The Hall–Kier alpha value is -4.17. The number of aryl methyl sites for hydroxylation is 2. The fraction of sp³-hybridized carbons (Fsp3) is 0.276. The molecule has 0 fully saturated rings. The van der Waals surface area contributed by atoms with Crippen LogP contribution < -0.4 is 9.64 Å². The Bertz CT molecular complexity index is 1420. The largest absolute Gasteiger partial charge is 0.497 e. The average molecular weight is 499 g/mol. The van der Waals surface area contributed by atoms with Gasteiger partial charge in [0.2, 0.25) is 11.8 Å². The molecule has 0 saturated heterocycles. The summed E-state index contributed by atoms with van der Waals surface area (Å²) in [6.07, 6.45) is 8.65. The van der Waals surface area contributed by atoms with E-state index < -0.39 is 0 Å². The van der Waals surface area contributed by atoms with E-state index >= 15 is 0 Å². The van der Waals surface area contributed by atoms with Crippen LogP contribution in [0.3, 0.4) is 0 Å². The topological polar surface area (TPSA) is 82.6 Å². The lowest BCUT2D eigenvalue weighted by atomic mass is 10.0. The van der Waals surface area contributed by atoms with Gasteiger partial charge < -0.3 is 18.8 Å². The smallest absolute Gasteiger partial charge is 0.231 e. The van der Waals surface area contributed by atoms with Crippen LogP contribution in [0.15, 0.2) is 65.5 Å². The molecule has 2 aromatic carbocycles. The lowest BCUT2D eigenvalue weighted by molar-refractivity contribution is -0.117. The van der Waals surface area contributed by atoms with Gasteiger partial charge in [0.05, 0.1) is 38.2 Å². The van der Waals surface area contributed by atoms with Crippen LogP contribution in [-0.4, -0.2) is 41.5 Å². The normalized spacial score (nSPS) is 13.3. The molecule has 1 aliphatic rings. The van der Waals surface area contributed by atoms with Crippen LogP contribution in [0.2, 0.25) is 0 Å². The van der Waals surface area contributed by atoms with Crippen molar-refractivity contribution >= 4 is 23.2 Å². The fourth-order valence-electron chi connectivity index (χ4n) is 4.44. The number of anilines is 1. The van der Waals surface area contributed by atoms with E-state index in [-0.39, 0.29) is 12.3 Å². The molecule has 0 N–H and O–H groups in total. The molecule has 37 heavy (non-hydrogen) atoms. The van der Waals surface area contributed by atoms with E-state index in [1.165, 1.54) is 0 Å². The molecule has 3 heterocycles. The number of hydrogen-bond donors (Lipinski definition) is 0. The van der Waals surface area contributed by atoms with Gasteiger partial charge in [-0.05, 0) is 54.3 Å². The molecule has 0 atom stereocenters. The summed E-state index contributed by atoms with van der Waals surface area (Å²) in [6, 6.07) is 14.0. The Morgan fingerprint density at radius 1 is 1.05 bits per heavy atom. The molecule has 4 aromatic rings. The number of oxazole rings is 1. The number of rotatable bonds is 9. The Balaban J connectivity index is 1.52. The Morgan fingerprint density at radius 3 is 2.62 bits per heavy atom. The minimum atomic E-state index is -0.0240. The van der Waals surface area contributed by atoms with Crippen LogP contribution in [0.4, 0.5) is 5.69 Å². The van der Waals surface area contributed by atoms with Gasteiger partial charge in [-0.2, -0.15) is 5.10 Å². The van der Waals surface area contributed by atoms with Crippen molar-refractivity contribution in [2.24, 2.45) is 0 Å². The third-order valence-electron chi connectivity index (χ3n) is 6.39. The predicted octanol–water partition coefficient (Wildman–Crippen LogP) is 5.37. The van der Waals surface area contributed by atoms with Crippen LogP contribution in [0.5, 0.6) is 5.75 Å². The molecule has 0 radical (unpaired) electrons. The van der Waals surface area contributed by atoms with E-state index in [9.17, 15) is 4.79 Å². The van der Waals surface area contributed by atoms with E-state index in [2.05, 4.69) is 22.2 Å². The second-order valence-corrected chi connectivity index (χ2v) is 9.06. The van der Waals surface area contributed by atoms with Gasteiger partial charge in [-0.1, -0.05) is 24.3 Å². The molecule has 0 saturated carbocycles. The molecule has 5 rings (SSSR count). The van der Waals surface area contributed by atoms with Crippen molar-refractivity contribution in [1.29, 1.82) is 0 Å². The molecule has 1 aliphatic heterocycles. The van der Waals surface area contributed by atoms with Gasteiger partial charge in [0, 0.05) is 37.6 Å². The maximum atomic E-state index is 13.7. The molecule has 0 bridgehead atoms. The minimum absolute atomic E-state index is 0.0240. The Labute approximate surface area is 216 Å². The maximum Gasteiger partial charge on any atom is 0.231 e. The van der Waals surface area contributed by atoms with Gasteiger partial charge in [0.1, 0.15) is 11.5 Å². The van der Waals surface area contributed by atoms with Gasteiger partial charge in [0.15, 0.2) is 0 Å². The summed E-state index contributed by atoms with van der Waals surface area (Å²) in [6.45, 7) is 3.75. The first kappa shape index (κ1) is 24.5. The van der Waals surface area contributed by atoms with Crippen molar-refractivity contribution in [3.05, 3.63) is 83.8 Å². The van der Waals surface area contributed by atoms with Crippen molar-refractivity contribution in [3.8, 4) is 16.9 Å². The SMILES string of the molecule is COCCCn1cc(-c2ccc3c(c2)N(Cc2ccc(OC)cc2)C(=O)CC(c2ncc(C)o2)=C3)cn1. The number of fused-ring (bicyclic) bond motifs is 1. The number of carbonyl (C=O) groups excluding carboxylic acids is 1. The molecular weight excluding hydrogens is 468 g/mol. The maximum absolute atomic E-state index is 13.7. The van der Waals surface area contributed by atoms with Crippen molar-refractivity contribution in [1.82, 2.24) is 14.8 Å². The molecular formula is C29H30N4O4. The predicted molar refractivity (Wildman–Crippen MR) is 142 cm³/mol. The lowest BCUT2D eigenvalue weighted by Gasteiger charge is -2.24. The third kappa shape index (κ3) is 5.49. The first-order valence-electron chi connectivity index (χ1n) is 12.3. The zero-order valence-electron chi connectivity index (χ0n) is 21.3. The van der Waals surface area contributed by atoms with Crippen LogP contribution >= 0.6 is 0 Å². The highest BCUT2D eigenvalue weighted by molar-refractivity contribution is 6.06. The molecule has 1 amide bonds. The number of nitrogens with zero attached hydrogens (tertiary/aromatic N) is 4. The number of amides is 1. The highest BCUT2D eigenvalue weighted by Crippen LogP contribution is 2.36. The first-order chi connectivity index (χ1) is 18.0. The zero-order valence-corrected chi connectivity index (χ0v) is 21.3. The van der Waals surface area contributed by atoms with Crippen LogP contribution in [0, 0.1) is 6.92 Å². The van der Waals surface area contributed by atoms with E-state index in [0.29, 0.717) is 24.8 Å². The third-order valence-corrected chi connectivity index (χ3v) is 6.39. The van der Waals surface area contributed by atoms with Gasteiger partial charge in [-0.15, -0.1) is 0 Å². The summed E-state index contributed by atoms with van der Waals surface area (Å²) < 4.78 is 18.1. The van der Waals surface area contributed by atoms with Crippen LogP contribution in [0.25, 0.3) is 22.8 Å². The summed E-state index contributed by atoms with van der Waals surface area (Å²) >= 11 is 0. The van der Waals surface area contributed by atoms with Crippen molar-refractivity contribution in [2.75, 3.05) is 25.7 Å². The lowest BCUT2D eigenvalue weighted by Crippen LogP contribution is -2.30. The number of aromatic nitrogens is 3. The second kappa shape index (κ2) is 10.8. The van der Waals surface area contributed by atoms with Crippen LogP contribution in [0.1, 0.15) is 35.6 Å². The van der Waals surface area contributed by atoms with E-state index in [0.717, 1.165) is 52.2 Å². The van der Waals surface area contributed by atoms with E-state index in [1.54, 1.807) is 20.4 Å². The van der Waals surface area contributed by atoms with Crippen molar-refractivity contribution < 1.29 is 18.7 Å². The van der Waals surface area contributed by atoms with Gasteiger partial charge >= 0.3 is 0 Å². The average Bonchev–Trinajstić information content (AvgIpc) is 3.54. The molecule has 190 valence electrons. The molecule has 0 aliphatic carbocycles. The number of methoxy groups -OCH3 is 2. The highest BCUT2D eigenvalue weighted by atomic mass is 16.5. The van der Waals surface area contributed by atoms with Gasteiger partial charge in [0.25, 0.3) is 0 Å². The summed E-state index contributed by atoms with van der Waals surface area (Å²) in [4.78, 5) is 19.9. The Kier molecular flexibility index (Phi) is 7.18. The molecule has 2 aromatic heterocycles. The van der Waals surface area contributed by atoms with E-state index in [1.807, 2.05) is 65.3 Å². The van der Waals surface area contributed by atoms with Gasteiger partial charge in [-0.25, -0.2) is 4.98 Å². The number of carbonyl (C=O) groups is 1. The molecule has 8 heteroatoms. The number of ether oxygens (including phenoxy) is 2. The monoisotopic (exact) mass is 498 g/mol. The van der Waals surface area contributed by atoms with Crippen LogP contribution in [-0.2, 0) is 22.6 Å². The molecule has 8 nitrogen and oxygen atoms in total. The van der Waals surface area contributed by atoms with E-state index in [4.69, 9.17) is 13.9 Å². The second-order valence-electron chi connectivity index (χ2n) is 9.06. The van der Waals surface area contributed by atoms with Crippen molar-refractivity contribution in [3.63, 3.8) is 0 Å². The van der Waals surface area contributed by atoms with Gasteiger partial charge in [-0.3, -0.25) is 9.48 Å². The zero-order chi connectivity index (χ0) is 25.8. The highest BCUT2D eigenvalue weighted by Gasteiger charge is 2.26. The summed E-state index contributed by atoms with van der Waals surface area (Å²) in [7, 11) is 3.34. The quantitative estimate of drug-likeness (QED) is 0.289. The number of benzene rings is 2. The van der Waals surface area contributed by atoms with Crippen molar-refractivity contribution in [2.45, 2.75) is 32.9 Å². The summed E-state index contributed by atoms with van der Waals surface area (Å²) in [5.74, 6) is 1.94. The summed E-state index contributed by atoms with van der Waals surface area (Å²) in [5, 5.41) is 4.50. The minimum Gasteiger partial charge on any atom is -0.497 e. The fourth-order valence-corrected chi connectivity index (χ4v) is 4.44. The summed E-state index contributed by atoms with van der Waals surface area (Å²) in [5.41, 5.74) is 5.52. The molecule has 0 unspecified atom stereocenters. The Morgan fingerprint density at radius 2 is 1.89 bits per heavy atom. The number of hydrogen-bond acceptors (Lipinski definition) is 6.